The van der Waals surface area contributed by atoms with Gasteiger partial charge in [0.25, 0.3) is 5.91 Å². The minimum atomic E-state index is 0. The Balaban J connectivity index is 0.00000192. The summed E-state index contributed by atoms with van der Waals surface area (Å²) < 4.78 is 0. The van der Waals surface area contributed by atoms with Crippen molar-refractivity contribution in [2.45, 2.75) is 26.7 Å². The predicted molar refractivity (Wildman–Crippen MR) is 99.0 cm³/mol. The second-order valence-electron chi connectivity index (χ2n) is 5.75. The molecule has 0 saturated carbocycles. The summed E-state index contributed by atoms with van der Waals surface area (Å²) in [6.45, 7) is 5.73. The lowest BCUT2D eigenvalue weighted by Gasteiger charge is -2.25. The van der Waals surface area contributed by atoms with E-state index >= 15 is 0 Å². The van der Waals surface area contributed by atoms with Crippen LogP contribution in [0.3, 0.4) is 0 Å². The van der Waals surface area contributed by atoms with Crippen LogP contribution in [0.2, 0.25) is 0 Å². The molecule has 4 heteroatoms. The molecule has 1 amide bonds. The van der Waals surface area contributed by atoms with Gasteiger partial charge in [-0.25, -0.2) is 0 Å². The molecule has 0 bridgehead atoms. The maximum Gasteiger partial charge on any atom is 0.258 e. The summed E-state index contributed by atoms with van der Waals surface area (Å²) in [6.07, 6.45) is 2.05. The number of fused-ring (bicyclic) bond motifs is 1. The molecule has 0 spiro atoms. The minimum Gasteiger partial charge on any atom is -0.385 e. The van der Waals surface area contributed by atoms with Gasteiger partial charge in [-0.1, -0.05) is 23.8 Å². The van der Waals surface area contributed by atoms with Crippen molar-refractivity contribution in [1.29, 1.82) is 0 Å². The van der Waals surface area contributed by atoms with Crippen LogP contribution in [0.5, 0.6) is 0 Å². The first-order valence-electron chi connectivity index (χ1n) is 7.95. The highest BCUT2D eigenvalue weighted by molar-refractivity contribution is 6.07. The van der Waals surface area contributed by atoms with Gasteiger partial charge in [-0.05, 0) is 56.5 Å². The lowest BCUT2D eigenvalue weighted by atomic mass is 9.96. The molecule has 0 fully saturated rings. The molecule has 1 aliphatic heterocycles. The number of nitrogens with zero attached hydrogens (tertiary/aromatic N) is 1. The van der Waals surface area contributed by atoms with Crippen LogP contribution in [-0.4, -0.2) is 19.0 Å². The van der Waals surface area contributed by atoms with Crippen molar-refractivity contribution in [3.8, 4) is 0 Å². The smallest absolute Gasteiger partial charge is 0.258 e. The zero-order valence-electron chi connectivity index (χ0n) is 13.6. The molecule has 0 radical (unpaired) electrons. The van der Waals surface area contributed by atoms with Crippen molar-refractivity contribution in [2.75, 3.05) is 23.3 Å². The van der Waals surface area contributed by atoms with Crippen molar-refractivity contribution >= 4 is 29.7 Å². The lowest BCUT2D eigenvalue weighted by Crippen LogP contribution is -2.32. The SMILES string of the molecule is CCN(C(=O)c1cccc2c1CCCN2)c1ccc(C)cc1.Cl. The van der Waals surface area contributed by atoms with Gasteiger partial charge in [-0.15, -0.1) is 12.4 Å². The molecule has 1 aliphatic rings. The third-order valence-corrected chi connectivity index (χ3v) is 4.23. The first-order valence-corrected chi connectivity index (χ1v) is 7.95. The molecule has 3 rings (SSSR count). The summed E-state index contributed by atoms with van der Waals surface area (Å²) in [5, 5.41) is 3.39. The fourth-order valence-corrected chi connectivity index (χ4v) is 3.02. The van der Waals surface area contributed by atoms with Crippen LogP contribution in [-0.2, 0) is 6.42 Å². The number of nitrogens with one attached hydrogen (secondary N) is 1. The number of rotatable bonds is 3. The van der Waals surface area contributed by atoms with E-state index < -0.39 is 0 Å². The Morgan fingerprint density at radius 1 is 1.17 bits per heavy atom. The Hall–Kier alpha value is -2.00. The van der Waals surface area contributed by atoms with E-state index in [4.69, 9.17) is 0 Å². The number of hydrogen-bond acceptors (Lipinski definition) is 2. The summed E-state index contributed by atoms with van der Waals surface area (Å²) in [6, 6.07) is 14.1. The van der Waals surface area contributed by atoms with Gasteiger partial charge in [0.2, 0.25) is 0 Å². The zero-order chi connectivity index (χ0) is 15.5. The molecule has 0 aliphatic carbocycles. The van der Waals surface area contributed by atoms with Gasteiger partial charge in [-0.2, -0.15) is 0 Å². The van der Waals surface area contributed by atoms with Gasteiger partial charge in [0, 0.05) is 30.0 Å². The second-order valence-corrected chi connectivity index (χ2v) is 5.75. The van der Waals surface area contributed by atoms with E-state index in [-0.39, 0.29) is 18.3 Å². The molecular formula is C19H23ClN2O. The molecule has 23 heavy (non-hydrogen) atoms. The van der Waals surface area contributed by atoms with Crippen LogP contribution in [0.4, 0.5) is 11.4 Å². The third-order valence-electron chi connectivity index (χ3n) is 4.23. The Kier molecular flexibility index (Phi) is 5.67. The van der Waals surface area contributed by atoms with Crippen LogP contribution < -0.4 is 10.2 Å². The molecule has 2 aromatic carbocycles. The maximum absolute atomic E-state index is 13.0. The quantitative estimate of drug-likeness (QED) is 0.902. The van der Waals surface area contributed by atoms with E-state index in [9.17, 15) is 4.79 Å². The Bertz CT molecular complexity index is 682. The van der Waals surface area contributed by atoms with E-state index in [1.54, 1.807) is 0 Å². The molecule has 0 unspecified atom stereocenters. The van der Waals surface area contributed by atoms with Gasteiger partial charge in [0.15, 0.2) is 0 Å². The zero-order valence-corrected chi connectivity index (χ0v) is 14.5. The molecule has 2 aromatic rings. The first kappa shape index (κ1) is 17.4. The van der Waals surface area contributed by atoms with Crippen molar-refractivity contribution in [3.05, 3.63) is 59.2 Å². The van der Waals surface area contributed by atoms with E-state index in [1.165, 1.54) is 5.56 Å². The number of amides is 1. The average molecular weight is 331 g/mol. The standard InChI is InChI=1S/C19H22N2O.ClH/c1-3-21(15-11-9-14(2)10-12-15)19(22)17-6-4-8-18-16(17)7-5-13-20-18;/h4,6,8-12,20H,3,5,7,13H2,1-2H3;1H. The van der Waals surface area contributed by atoms with E-state index in [1.807, 2.05) is 48.2 Å². The lowest BCUT2D eigenvalue weighted by molar-refractivity contribution is 0.0987. The van der Waals surface area contributed by atoms with Crippen LogP contribution >= 0.6 is 12.4 Å². The highest BCUT2D eigenvalue weighted by atomic mass is 35.5. The highest BCUT2D eigenvalue weighted by Crippen LogP contribution is 2.27. The summed E-state index contributed by atoms with van der Waals surface area (Å²) in [5.41, 5.74) is 5.25. The Morgan fingerprint density at radius 2 is 1.91 bits per heavy atom. The van der Waals surface area contributed by atoms with E-state index in [2.05, 4.69) is 18.3 Å². The van der Waals surface area contributed by atoms with Crippen LogP contribution in [0.15, 0.2) is 42.5 Å². The first-order chi connectivity index (χ1) is 10.7. The summed E-state index contributed by atoms with van der Waals surface area (Å²) in [7, 11) is 0. The molecule has 0 aromatic heterocycles. The molecule has 122 valence electrons. The highest BCUT2D eigenvalue weighted by Gasteiger charge is 2.22. The van der Waals surface area contributed by atoms with Gasteiger partial charge in [-0.3, -0.25) is 4.79 Å². The van der Waals surface area contributed by atoms with Crippen molar-refractivity contribution < 1.29 is 4.79 Å². The molecule has 0 saturated heterocycles. The third kappa shape index (κ3) is 3.50. The number of carbonyl (C=O) groups excluding carboxylic acids is 1. The predicted octanol–water partition coefficient (Wildman–Crippen LogP) is 4.44. The van der Waals surface area contributed by atoms with E-state index in [0.29, 0.717) is 6.54 Å². The number of hydrogen-bond donors (Lipinski definition) is 1. The van der Waals surface area contributed by atoms with Crippen molar-refractivity contribution in [2.24, 2.45) is 0 Å². The Morgan fingerprint density at radius 3 is 2.61 bits per heavy atom. The van der Waals surface area contributed by atoms with Crippen molar-refractivity contribution in [3.63, 3.8) is 0 Å². The van der Waals surface area contributed by atoms with Crippen LogP contribution in [0.1, 0.15) is 34.8 Å². The molecule has 3 nitrogen and oxygen atoms in total. The van der Waals surface area contributed by atoms with Gasteiger partial charge >= 0.3 is 0 Å². The maximum atomic E-state index is 13.0. The summed E-state index contributed by atoms with van der Waals surface area (Å²) in [5.74, 6) is 0.0897. The number of aryl methyl sites for hydroxylation is 1. The molecule has 0 atom stereocenters. The number of carbonyl (C=O) groups is 1. The van der Waals surface area contributed by atoms with Gasteiger partial charge < -0.3 is 10.2 Å². The van der Waals surface area contributed by atoms with E-state index in [0.717, 1.165) is 41.9 Å². The summed E-state index contributed by atoms with van der Waals surface area (Å²) >= 11 is 0. The second kappa shape index (κ2) is 7.51. The van der Waals surface area contributed by atoms with Crippen LogP contribution in [0, 0.1) is 6.92 Å². The average Bonchev–Trinajstić information content (AvgIpc) is 2.56. The Labute approximate surface area is 144 Å². The number of benzene rings is 2. The fraction of sp³-hybridized carbons (Fsp3) is 0.316. The molecule has 1 N–H and O–H groups in total. The largest absolute Gasteiger partial charge is 0.385 e. The molecule has 1 heterocycles. The van der Waals surface area contributed by atoms with Gasteiger partial charge in [0.05, 0.1) is 0 Å². The number of anilines is 2. The normalized spacial score (nSPS) is 12.6. The summed E-state index contributed by atoms with van der Waals surface area (Å²) in [4.78, 5) is 14.9. The minimum absolute atomic E-state index is 0. The fourth-order valence-electron chi connectivity index (χ4n) is 3.02. The molecular weight excluding hydrogens is 308 g/mol. The number of halogens is 1. The monoisotopic (exact) mass is 330 g/mol. The topological polar surface area (TPSA) is 32.3 Å². The van der Waals surface area contributed by atoms with Crippen molar-refractivity contribution in [1.82, 2.24) is 0 Å². The van der Waals surface area contributed by atoms with Crippen LogP contribution in [0.25, 0.3) is 0 Å². The van der Waals surface area contributed by atoms with Gasteiger partial charge in [0.1, 0.15) is 0 Å².